The molecule has 54 heavy (non-hydrogen) atoms. The second kappa shape index (κ2) is 14.6. The van der Waals surface area contributed by atoms with Gasteiger partial charge in [-0.25, -0.2) is 4.39 Å². The van der Waals surface area contributed by atoms with E-state index in [0.29, 0.717) is 17.5 Å². The number of fused-ring (bicyclic) bond motifs is 1. The van der Waals surface area contributed by atoms with Crippen molar-refractivity contribution in [1.82, 2.24) is 19.7 Å². The Bertz CT molecular complexity index is 1890. The van der Waals surface area contributed by atoms with Gasteiger partial charge in [0.05, 0.1) is 23.4 Å². The molecule has 3 aromatic rings. The molecule has 0 amide bonds. The Morgan fingerprint density at radius 3 is 2.35 bits per heavy atom. The minimum absolute atomic E-state index is 0.0209. The number of pyridine rings is 1. The molecule has 9 heteroatoms. The van der Waals surface area contributed by atoms with E-state index in [1.165, 1.54) is 41.6 Å². The summed E-state index contributed by atoms with van der Waals surface area (Å²) in [5.74, 6) is -0.987. The lowest BCUT2D eigenvalue weighted by Gasteiger charge is -2.68. The highest BCUT2D eigenvalue weighted by Gasteiger charge is 2.68. The van der Waals surface area contributed by atoms with Crippen LogP contribution >= 0.6 is 0 Å². The summed E-state index contributed by atoms with van der Waals surface area (Å²) in [6, 6.07) is 13.3. The smallest absolute Gasteiger partial charge is 0.307 e. The fraction of sp³-hybridized carbons (Fsp3) is 0.600. The van der Waals surface area contributed by atoms with Gasteiger partial charge in [0.1, 0.15) is 5.82 Å². The summed E-state index contributed by atoms with van der Waals surface area (Å²) >= 11 is 0. The molecular formula is C45H62FN5O3. The van der Waals surface area contributed by atoms with Crippen molar-refractivity contribution in [2.45, 2.75) is 124 Å². The molecule has 8 rings (SSSR count). The van der Waals surface area contributed by atoms with Crippen molar-refractivity contribution < 1.29 is 19.4 Å². The molecular weight excluding hydrogens is 678 g/mol. The maximum absolute atomic E-state index is 13.8. The highest BCUT2D eigenvalue weighted by Crippen LogP contribution is 2.61. The molecule has 0 radical (unpaired) electrons. The van der Waals surface area contributed by atoms with E-state index < -0.39 is 11.6 Å². The molecule has 1 spiro atoms. The van der Waals surface area contributed by atoms with Crippen LogP contribution in [0.1, 0.15) is 99.5 Å². The molecule has 0 bridgehead atoms. The number of aliphatic carboxylic acids is 1. The lowest BCUT2D eigenvalue weighted by molar-refractivity contribution is -0.182. The van der Waals surface area contributed by atoms with Crippen molar-refractivity contribution in [2.75, 3.05) is 44.7 Å². The van der Waals surface area contributed by atoms with Crippen molar-refractivity contribution in [3.8, 4) is 11.1 Å². The number of piperidine rings is 2. The number of carboxylic acids is 1. The van der Waals surface area contributed by atoms with Gasteiger partial charge in [0, 0.05) is 86.7 Å². The lowest BCUT2D eigenvalue weighted by atomic mass is 9.53. The number of carbonyl (C=O) groups is 1. The third kappa shape index (κ3) is 7.84. The zero-order valence-electron chi connectivity index (χ0n) is 33.9. The number of nitrogens with zero attached hydrogens (tertiary/aromatic N) is 5. The molecule has 8 nitrogen and oxygen atoms in total. The number of halogens is 1. The van der Waals surface area contributed by atoms with Crippen molar-refractivity contribution in [3.63, 3.8) is 0 Å². The highest BCUT2D eigenvalue weighted by molar-refractivity contribution is 5.87. The summed E-state index contributed by atoms with van der Waals surface area (Å²) in [4.78, 5) is 27.9. The molecule has 5 heterocycles. The molecule has 3 saturated heterocycles. The number of hydrogen-bond acceptors (Lipinski definition) is 7. The first-order valence-corrected chi connectivity index (χ1v) is 20.2. The van der Waals surface area contributed by atoms with Crippen molar-refractivity contribution in [1.29, 1.82) is 0 Å². The van der Waals surface area contributed by atoms with Gasteiger partial charge in [0.15, 0.2) is 0 Å². The topological polar surface area (TPSA) is 83.4 Å². The monoisotopic (exact) mass is 739 g/mol. The van der Waals surface area contributed by atoms with Gasteiger partial charge in [-0.1, -0.05) is 38.1 Å². The van der Waals surface area contributed by atoms with E-state index in [0.717, 1.165) is 98.8 Å². The first-order valence-electron chi connectivity index (χ1n) is 20.2. The van der Waals surface area contributed by atoms with Crippen molar-refractivity contribution >= 4 is 11.7 Å². The number of rotatable bonds is 8. The average molecular weight is 740 g/mol. The summed E-state index contributed by atoms with van der Waals surface area (Å²) in [6.45, 7) is 21.5. The number of aliphatic hydroxyl groups is 1. The largest absolute Gasteiger partial charge is 0.481 e. The number of benzene rings is 2. The number of aromatic nitrogens is 1. The standard InChI is InChI=1S/C41H52FN5O2.C4H10O/c1-26-18-32(42)9-8-30(26)21-45-15-11-28-19-29(6-7-31(28)22-45)38-34(23-47-35-10-12-41(35)25-44(5)24-36(41)47)43-27(2)33(20-37(48)49)39(38)46-16-13-40(3,4)14-17-46;1-4(2,3)5/h6-9,18-19,35-36H,10-17,20-25H2,1-5H3,(H,48,49);5H,1-3H3. The predicted molar refractivity (Wildman–Crippen MR) is 214 cm³/mol. The minimum Gasteiger partial charge on any atom is -0.481 e. The van der Waals surface area contributed by atoms with Crippen LogP contribution in [0.15, 0.2) is 36.4 Å². The fourth-order valence-corrected chi connectivity index (χ4v) is 10.1. The van der Waals surface area contributed by atoms with Gasteiger partial charge in [-0.3, -0.25) is 19.6 Å². The molecule has 1 saturated carbocycles. The number of aryl methyl sites for hydroxylation is 2. The van der Waals surface area contributed by atoms with Crippen LogP contribution in [0.5, 0.6) is 0 Å². The third-order valence-electron chi connectivity index (χ3n) is 13.0. The lowest BCUT2D eigenvalue weighted by Crippen LogP contribution is -2.75. The fourth-order valence-electron chi connectivity index (χ4n) is 10.1. The summed E-state index contributed by atoms with van der Waals surface area (Å²) in [5, 5.41) is 18.7. The molecule has 3 atom stereocenters. The minimum atomic E-state index is -0.805. The molecule has 2 N–H and O–H groups in total. The van der Waals surface area contributed by atoms with Crippen LogP contribution in [0.3, 0.4) is 0 Å². The summed E-state index contributed by atoms with van der Waals surface area (Å²) < 4.78 is 13.8. The predicted octanol–water partition coefficient (Wildman–Crippen LogP) is 7.37. The number of hydrogen-bond donors (Lipinski definition) is 2. The van der Waals surface area contributed by atoms with Gasteiger partial charge in [0.25, 0.3) is 0 Å². The Kier molecular flexibility index (Phi) is 10.5. The van der Waals surface area contributed by atoms with Gasteiger partial charge in [-0.2, -0.15) is 0 Å². The van der Waals surface area contributed by atoms with E-state index in [1.807, 2.05) is 19.9 Å². The first kappa shape index (κ1) is 38.9. The first-order chi connectivity index (χ1) is 25.4. The van der Waals surface area contributed by atoms with Gasteiger partial charge >= 0.3 is 5.97 Å². The van der Waals surface area contributed by atoms with Crippen LogP contribution in [0.25, 0.3) is 11.1 Å². The molecule has 3 unspecified atom stereocenters. The average Bonchev–Trinajstić information content (AvgIpc) is 3.42. The molecule has 4 fully saturated rings. The second-order valence-electron chi connectivity index (χ2n) is 18.9. The second-order valence-corrected chi connectivity index (χ2v) is 18.9. The van der Waals surface area contributed by atoms with E-state index in [4.69, 9.17) is 10.1 Å². The van der Waals surface area contributed by atoms with Crippen LogP contribution in [-0.4, -0.2) is 93.3 Å². The van der Waals surface area contributed by atoms with Gasteiger partial charge in [-0.05, 0) is 119 Å². The normalized spacial score (nSPS) is 25.1. The highest BCUT2D eigenvalue weighted by atomic mass is 19.1. The van der Waals surface area contributed by atoms with Crippen molar-refractivity contribution in [2.24, 2.45) is 10.8 Å². The van der Waals surface area contributed by atoms with E-state index in [9.17, 15) is 14.3 Å². The molecule has 2 aromatic carbocycles. The quantitative estimate of drug-likeness (QED) is 0.248. The number of likely N-dealkylation sites (N-methyl/N-ethyl adjacent to an activating group) is 1. The molecule has 292 valence electrons. The number of likely N-dealkylation sites (tertiary alicyclic amines) is 2. The molecule has 1 aliphatic carbocycles. The number of carboxylic acid groups (broad SMARTS) is 1. The third-order valence-corrected chi connectivity index (χ3v) is 13.0. The Morgan fingerprint density at radius 2 is 1.70 bits per heavy atom. The van der Waals surface area contributed by atoms with Gasteiger partial charge < -0.3 is 20.0 Å². The van der Waals surface area contributed by atoms with Gasteiger partial charge in [0.2, 0.25) is 0 Å². The van der Waals surface area contributed by atoms with Crippen LogP contribution in [-0.2, 0) is 37.3 Å². The van der Waals surface area contributed by atoms with Gasteiger partial charge in [-0.15, -0.1) is 0 Å². The SMILES string of the molecule is CC(C)(C)O.Cc1cc(F)ccc1CN1CCc2cc(-c3c(CN4C5CCC56CN(C)CC46)nc(C)c(CC(=O)O)c3N3CCC(C)(C)CC3)ccc2C1. The van der Waals surface area contributed by atoms with E-state index in [-0.39, 0.29) is 17.7 Å². The Balaban J connectivity index is 0.000000846. The van der Waals surface area contributed by atoms with Crippen LogP contribution in [0, 0.1) is 30.5 Å². The van der Waals surface area contributed by atoms with Crippen molar-refractivity contribution in [3.05, 3.63) is 81.4 Å². The molecule has 5 aliphatic rings. The van der Waals surface area contributed by atoms with E-state index >= 15 is 0 Å². The van der Waals surface area contributed by atoms with Crippen LogP contribution < -0.4 is 4.90 Å². The Morgan fingerprint density at radius 1 is 0.981 bits per heavy atom. The maximum atomic E-state index is 13.8. The van der Waals surface area contributed by atoms with E-state index in [2.05, 4.69) is 58.7 Å². The Hall–Kier alpha value is -3.37. The summed E-state index contributed by atoms with van der Waals surface area (Å²) in [7, 11) is 2.26. The van der Waals surface area contributed by atoms with E-state index in [1.54, 1.807) is 32.9 Å². The summed E-state index contributed by atoms with van der Waals surface area (Å²) in [6.07, 6.45) is 5.67. The molecule has 4 aliphatic heterocycles. The van der Waals surface area contributed by atoms with Crippen LogP contribution in [0.2, 0.25) is 0 Å². The number of anilines is 1. The zero-order valence-corrected chi connectivity index (χ0v) is 33.9. The maximum Gasteiger partial charge on any atom is 0.307 e. The zero-order chi connectivity index (χ0) is 38.7. The summed E-state index contributed by atoms with van der Waals surface area (Å²) in [5.41, 5.74) is 11.3. The molecule has 1 aromatic heterocycles. The van der Waals surface area contributed by atoms with Crippen LogP contribution in [0.4, 0.5) is 10.1 Å². The Labute approximate surface area is 322 Å².